The van der Waals surface area contributed by atoms with Crippen molar-refractivity contribution in [2.45, 2.75) is 31.9 Å². The predicted octanol–water partition coefficient (Wildman–Crippen LogP) is 1.86. The fraction of sp³-hybridized carbons (Fsp3) is 0.462. The van der Waals surface area contributed by atoms with E-state index in [0.29, 0.717) is 12.5 Å². The van der Waals surface area contributed by atoms with Gasteiger partial charge in [-0.25, -0.2) is 0 Å². The largest absolute Gasteiger partial charge is 0.460 e. The fourth-order valence-corrected chi connectivity index (χ4v) is 1.64. The molecule has 2 rings (SSSR count). The van der Waals surface area contributed by atoms with E-state index < -0.39 is 6.04 Å². The summed E-state index contributed by atoms with van der Waals surface area (Å²) in [7, 11) is 0. The highest BCUT2D eigenvalue weighted by atomic mass is 16.5. The summed E-state index contributed by atoms with van der Waals surface area (Å²) in [5.41, 5.74) is 6.74. The van der Waals surface area contributed by atoms with Crippen LogP contribution in [-0.2, 0) is 16.1 Å². The molecule has 1 aromatic carbocycles. The lowest BCUT2D eigenvalue weighted by Gasteiger charge is -2.10. The van der Waals surface area contributed by atoms with Crippen LogP contribution in [-0.4, -0.2) is 12.0 Å². The quantitative estimate of drug-likeness (QED) is 0.769. The van der Waals surface area contributed by atoms with Gasteiger partial charge in [0, 0.05) is 0 Å². The van der Waals surface area contributed by atoms with Crippen LogP contribution in [0.3, 0.4) is 0 Å². The zero-order chi connectivity index (χ0) is 11.4. The van der Waals surface area contributed by atoms with Crippen molar-refractivity contribution in [1.82, 2.24) is 0 Å². The molecular weight excluding hydrogens is 202 g/mol. The standard InChI is InChI=1S/C13H17NO2/c14-12(8-10-6-7-10)13(15)16-9-11-4-2-1-3-5-11/h1-5,10,12H,6-9,14H2. The lowest BCUT2D eigenvalue weighted by Crippen LogP contribution is -2.32. The summed E-state index contributed by atoms with van der Waals surface area (Å²) >= 11 is 0. The summed E-state index contributed by atoms with van der Waals surface area (Å²) in [5, 5.41) is 0. The van der Waals surface area contributed by atoms with E-state index >= 15 is 0 Å². The van der Waals surface area contributed by atoms with E-state index in [0.717, 1.165) is 12.0 Å². The third-order valence-electron chi connectivity index (χ3n) is 2.81. The highest BCUT2D eigenvalue weighted by Gasteiger charge is 2.27. The summed E-state index contributed by atoms with van der Waals surface area (Å²) in [5.74, 6) is 0.370. The Bertz CT molecular complexity index is 346. The fourth-order valence-electron chi connectivity index (χ4n) is 1.64. The second kappa shape index (κ2) is 5.12. The van der Waals surface area contributed by atoms with Gasteiger partial charge >= 0.3 is 5.97 Å². The molecule has 2 N–H and O–H groups in total. The van der Waals surface area contributed by atoms with E-state index in [9.17, 15) is 4.79 Å². The van der Waals surface area contributed by atoms with E-state index in [2.05, 4.69) is 0 Å². The molecule has 86 valence electrons. The van der Waals surface area contributed by atoms with Crippen LogP contribution in [0.15, 0.2) is 30.3 Å². The first-order valence-electron chi connectivity index (χ1n) is 5.72. The van der Waals surface area contributed by atoms with Gasteiger partial charge < -0.3 is 10.5 Å². The van der Waals surface area contributed by atoms with E-state index in [1.807, 2.05) is 30.3 Å². The molecule has 0 aliphatic heterocycles. The molecule has 1 unspecified atom stereocenters. The minimum absolute atomic E-state index is 0.282. The van der Waals surface area contributed by atoms with Crippen molar-refractivity contribution in [3.05, 3.63) is 35.9 Å². The van der Waals surface area contributed by atoms with Crippen molar-refractivity contribution >= 4 is 5.97 Å². The second-order valence-corrected chi connectivity index (χ2v) is 4.38. The van der Waals surface area contributed by atoms with Crippen LogP contribution in [0.25, 0.3) is 0 Å². The summed E-state index contributed by atoms with van der Waals surface area (Å²) in [6.07, 6.45) is 3.19. The van der Waals surface area contributed by atoms with Crippen LogP contribution in [0.4, 0.5) is 0 Å². The number of esters is 1. The number of benzene rings is 1. The van der Waals surface area contributed by atoms with Crippen molar-refractivity contribution in [3.63, 3.8) is 0 Å². The summed E-state index contributed by atoms with van der Waals surface area (Å²) in [6.45, 7) is 0.317. The Labute approximate surface area is 95.6 Å². The molecule has 0 radical (unpaired) electrons. The van der Waals surface area contributed by atoms with Crippen LogP contribution in [0, 0.1) is 5.92 Å². The van der Waals surface area contributed by atoms with Gasteiger partial charge in [-0.3, -0.25) is 4.79 Å². The molecule has 0 amide bonds. The maximum absolute atomic E-state index is 11.5. The molecule has 0 heterocycles. The van der Waals surface area contributed by atoms with E-state index in [4.69, 9.17) is 10.5 Å². The van der Waals surface area contributed by atoms with Crippen LogP contribution in [0.2, 0.25) is 0 Å². The number of rotatable bonds is 5. The third kappa shape index (κ3) is 3.35. The summed E-state index contributed by atoms with van der Waals surface area (Å²) in [6, 6.07) is 9.20. The molecular formula is C13H17NO2. The van der Waals surface area contributed by atoms with Gasteiger partial charge in [0.05, 0.1) is 0 Å². The zero-order valence-corrected chi connectivity index (χ0v) is 9.26. The second-order valence-electron chi connectivity index (χ2n) is 4.38. The van der Waals surface area contributed by atoms with Gasteiger partial charge in [0.25, 0.3) is 0 Å². The van der Waals surface area contributed by atoms with Gasteiger partial charge in [-0.2, -0.15) is 0 Å². The van der Waals surface area contributed by atoms with Gasteiger partial charge in [0.2, 0.25) is 0 Å². The summed E-state index contributed by atoms with van der Waals surface area (Å²) in [4.78, 5) is 11.5. The Hall–Kier alpha value is -1.35. The lowest BCUT2D eigenvalue weighted by molar-refractivity contribution is -0.146. The Kier molecular flexibility index (Phi) is 3.57. The maximum atomic E-state index is 11.5. The molecule has 0 spiro atoms. The minimum Gasteiger partial charge on any atom is -0.460 e. The van der Waals surface area contributed by atoms with E-state index in [1.54, 1.807) is 0 Å². The van der Waals surface area contributed by atoms with Gasteiger partial charge in [0.15, 0.2) is 0 Å². The minimum atomic E-state index is -0.448. The molecule has 3 nitrogen and oxygen atoms in total. The first-order chi connectivity index (χ1) is 7.75. The van der Waals surface area contributed by atoms with Gasteiger partial charge in [-0.05, 0) is 17.9 Å². The van der Waals surface area contributed by atoms with E-state index in [1.165, 1.54) is 12.8 Å². The average Bonchev–Trinajstić information content (AvgIpc) is 3.11. The molecule has 0 bridgehead atoms. The molecule has 1 aromatic rings. The molecule has 16 heavy (non-hydrogen) atoms. The van der Waals surface area contributed by atoms with Crippen LogP contribution < -0.4 is 5.73 Å². The highest BCUT2D eigenvalue weighted by Crippen LogP contribution is 2.33. The molecule has 1 saturated carbocycles. The number of carbonyl (C=O) groups is 1. The molecule has 1 fully saturated rings. The monoisotopic (exact) mass is 219 g/mol. The lowest BCUT2D eigenvalue weighted by atomic mass is 10.1. The van der Waals surface area contributed by atoms with Crippen molar-refractivity contribution in [1.29, 1.82) is 0 Å². The molecule has 0 aromatic heterocycles. The first-order valence-corrected chi connectivity index (χ1v) is 5.72. The average molecular weight is 219 g/mol. The van der Waals surface area contributed by atoms with Crippen LogP contribution >= 0.6 is 0 Å². The van der Waals surface area contributed by atoms with Gasteiger partial charge in [-0.15, -0.1) is 0 Å². The van der Waals surface area contributed by atoms with Crippen molar-refractivity contribution in [3.8, 4) is 0 Å². The molecule has 1 aliphatic rings. The SMILES string of the molecule is NC(CC1CC1)C(=O)OCc1ccccc1. The maximum Gasteiger partial charge on any atom is 0.323 e. The smallest absolute Gasteiger partial charge is 0.323 e. The van der Waals surface area contributed by atoms with Gasteiger partial charge in [0.1, 0.15) is 12.6 Å². The van der Waals surface area contributed by atoms with Crippen LogP contribution in [0.5, 0.6) is 0 Å². The zero-order valence-electron chi connectivity index (χ0n) is 9.26. The number of carbonyl (C=O) groups excluding carboxylic acids is 1. The Morgan fingerprint density at radius 3 is 2.69 bits per heavy atom. The molecule has 1 aliphatic carbocycles. The number of nitrogens with two attached hydrogens (primary N) is 1. The molecule has 3 heteroatoms. The Morgan fingerprint density at radius 1 is 1.38 bits per heavy atom. The van der Waals surface area contributed by atoms with E-state index in [-0.39, 0.29) is 5.97 Å². The molecule has 1 atom stereocenters. The molecule has 0 saturated heterocycles. The van der Waals surface area contributed by atoms with Crippen molar-refractivity contribution < 1.29 is 9.53 Å². The van der Waals surface area contributed by atoms with Crippen molar-refractivity contribution in [2.75, 3.05) is 0 Å². The summed E-state index contributed by atoms with van der Waals surface area (Å²) < 4.78 is 5.15. The predicted molar refractivity (Wildman–Crippen MR) is 61.6 cm³/mol. The first kappa shape index (κ1) is 11.1. The Balaban J connectivity index is 1.74. The highest BCUT2D eigenvalue weighted by molar-refractivity contribution is 5.75. The van der Waals surface area contributed by atoms with Crippen LogP contribution in [0.1, 0.15) is 24.8 Å². The topological polar surface area (TPSA) is 52.3 Å². The van der Waals surface area contributed by atoms with Crippen molar-refractivity contribution in [2.24, 2.45) is 11.7 Å². The third-order valence-corrected chi connectivity index (χ3v) is 2.81. The number of hydrogen-bond donors (Lipinski definition) is 1. The Morgan fingerprint density at radius 2 is 2.06 bits per heavy atom. The number of ether oxygens (including phenoxy) is 1. The normalized spacial score (nSPS) is 16.8. The van der Waals surface area contributed by atoms with Gasteiger partial charge in [-0.1, -0.05) is 43.2 Å². The number of hydrogen-bond acceptors (Lipinski definition) is 3.